The average molecular weight is 326 g/mol. The van der Waals surface area contributed by atoms with Crippen LogP contribution in [0.2, 0.25) is 0 Å². The van der Waals surface area contributed by atoms with Gasteiger partial charge in [-0.05, 0) is 32.9 Å². The maximum Gasteiger partial charge on any atom is 0.262 e. The molecular formula is C17H18N4O3. The fourth-order valence-corrected chi connectivity index (χ4v) is 2.48. The Hall–Kier alpha value is -2.96. The number of amides is 3. The summed E-state index contributed by atoms with van der Waals surface area (Å²) in [5.74, 6) is -1.34. The van der Waals surface area contributed by atoms with Gasteiger partial charge in [0.1, 0.15) is 6.54 Å². The van der Waals surface area contributed by atoms with E-state index in [1.807, 2.05) is 20.8 Å². The molecule has 24 heavy (non-hydrogen) atoms. The van der Waals surface area contributed by atoms with E-state index in [-0.39, 0.29) is 12.1 Å². The van der Waals surface area contributed by atoms with E-state index in [0.717, 1.165) is 4.90 Å². The normalized spacial score (nSPS) is 14.0. The SMILES string of the molecule is CC(C)(C)n1cc(NC(=O)CN2C(=O)c3ccccc3C2=O)cn1. The second-order valence-electron chi connectivity index (χ2n) is 6.63. The van der Waals surface area contributed by atoms with E-state index in [1.54, 1.807) is 35.1 Å². The number of benzene rings is 1. The summed E-state index contributed by atoms with van der Waals surface area (Å²) in [5, 5.41) is 6.85. The number of imide groups is 1. The molecule has 0 saturated heterocycles. The van der Waals surface area contributed by atoms with Gasteiger partial charge in [0.15, 0.2) is 0 Å². The van der Waals surface area contributed by atoms with Gasteiger partial charge < -0.3 is 5.32 Å². The Morgan fingerprint density at radius 3 is 2.21 bits per heavy atom. The van der Waals surface area contributed by atoms with E-state index in [9.17, 15) is 14.4 Å². The highest BCUT2D eigenvalue weighted by Crippen LogP contribution is 2.22. The molecule has 1 aromatic heterocycles. The lowest BCUT2D eigenvalue weighted by atomic mass is 10.1. The van der Waals surface area contributed by atoms with Gasteiger partial charge in [0.2, 0.25) is 5.91 Å². The van der Waals surface area contributed by atoms with Crippen LogP contribution in [0.4, 0.5) is 5.69 Å². The fourth-order valence-electron chi connectivity index (χ4n) is 2.48. The van der Waals surface area contributed by atoms with Crippen LogP contribution < -0.4 is 5.32 Å². The molecule has 0 aliphatic carbocycles. The van der Waals surface area contributed by atoms with Gasteiger partial charge >= 0.3 is 0 Å². The van der Waals surface area contributed by atoms with Crippen LogP contribution in [0.15, 0.2) is 36.7 Å². The molecule has 1 aliphatic heterocycles. The van der Waals surface area contributed by atoms with Crippen molar-refractivity contribution in [3.8, 4) is 0 Å². The molecule has 0 bridgehead atoms. The van der Waals surface area contributed by atoms with Crippen LogP contribution in [0.1, 0.15) is 41.5 Å². The molecule has 7 nitrogen and oxygen atoms in total. The van der Waals surface area contributed by atoms with Gasteiger partial charge in [-0.2, -0.15) is 5.10 Å². The Labute approximate surface area is 139 Å². The number of aromatic nitrogens is 2. The predicted molar refractivity (Wildman–Crippen MR) is 87.7 cm³/mol. The van der Waals surface area contributed by atoms with E-state index in [2.05, 4.69) is 10.4 Å². The molecule has 7 heteroatoms. The number of nitrogens with one attached hydrogen (secondary N) is 1. The highest BCUT2D eigenvalue weighted by molar-refractivity contribution is 6.22. The van der Waals surface area contributed by atoms with Crippen molar-refractivity contribution in [3.63, 3.8) is 0 Å². The minimum absolute atomic E-state index is 0.203. The van der Waals surface area contributed by atoms with Gasteiger partial charge in [-0.3, -0.25) is 24.0 Å². The highest BCUT2D eigenvalue weighted by Gasteiger charge is 2.36. The van der Waals surface area contributed by atoms with Gasteiger partial charge in [0, 0.05) is 6.20 Å². The number of hydrogen-bond acceptors (Lipinski definition) is 4. The quantitative estimate of drug-likeness (QED) is 0.873. The summed E-state index contributed by atoms with van der Waals surface area (Å²) in [6, 6.07) is 6.55. The van der Waals surface area contributed by atoms with Crippen LogP contribution in [0, 0.1) is 0 Å². The molecular weight excluding hydrogens is 308 g/mol. The molecule has 0 fully saturated rings. The van der Waals surface area contributed by atoms with Crippen LogP contribution >= 0.6 is 0 Å². The number of rotatable bonds is 3. The van der Waals surface area contributed by atoms with E-state index < -0.39 is 17.7 Å². The summed E-state index contributed by atoms with van der Waals surface area (Å²) in [6.07, 6.45) is 3.24. The van der Waals surface area contributed by atoms with Crippen LogP contribution in [0.25, 0.3) is 0 Å². The van der Waals surface area contributed by atoms with Crippen molar-refractivity contribution in [1.29, 1.82) is 0 Å². The van der Waals surface area contributed by atoms with Gasteiger partial charge in [-0.25, -0.2) is 0 Å². The standard InChI is InChI=1S/C17H18N4O3/c1-17(2,3)21-9-11(8-18-21)19-14(22)10-20-15(23)12-6-4-5-7-13(12)16(20)24/h4-9H,10H2,1-3H3,(H,19,22). The molecule has 0 unspecified atom stereocenters. The van der Waals surface area contributed by atoms with Crippen molar-refractivity contribution in [2.45, 2.75) is 26.3 Å². The summed E-state index contributed by atoms with van der Waals surface area (Å²) in [5.41, 5.74) is 0.976. The molecule has 0 saturated carbocycles. The molecule has 3 rings (SSSR count). The zero-order valence-electron chi connectivity index (χ0n) is 13.7. The molecule has 1 N–H and O–H groups in total. The van der Waals surface area contributed by atoms with Crippen molar-refractivity contribution in [3.05, 3.63) is 47.8 Å². The molecule has 2 heterocycles. The summed E-state index contributed by atoms with van der Waals surface area (Å²) in [4.78, 5) is 37.6. The summed E-state index contributed by atoms with van der Waals surface area (Å²) in [6.45, 7) is 5.65. The lowest BCUT2D eigenvalue weighted by molar-refractivity contribution is -0.116. The largest absolute Gasteiger partial charge is 0.322 e. The van der Waals surface area contributed by atoms with E-state index >= 15 is 0 Å². The van der Waals surface area contributed by atoms with Crippen LogP contribution in [-0.4, -0.2) is 38.9 Å². The third-order valence-electron chi connectivity index (χ3n) is 3.73. The zero-order chi connectivity index (χ0) is 17.5. The molecule has 0 radical (unpaired) electrons. The average Bonchev–Trinajstić information content (AvgIpc) is 3.07. The Balaban J connectivity index is 1.69. The Bertz CT molecular complexity index is 797. The van der Waals surface area contributed by atoms with Crippen LogP contribution in [0.3, 0.4) is 0 Å². The zero-order valence-corrected chi connectivity index (χ0v) is 13.7. The Morgan fingerprint density at radius 2 is 1.71 bits per heavy atom. The van der Waals surface area contributed by atoms with Crippen molar-refractivity contribution in [2.75, 3.05) is 11.9 Å². The van der Waals surface area contributed by atoms with Gasteiger partial charge in [-0.1, -0.05) is 12.1 Å². The van der Waals surface area contributed by atoms with Crippen molar-refractivity contribution in [2.24, 2.45) is 0 Å². The highest BCUT2D eigenvalue weighted by atomic mass is 16.2. The summed E-state index contributed by atoms with van der Waals surface area (Å²) < 4.78 is 1.73. The molecule has 0 atom stereocenters. The maximum absolute atomic E-state index is 12.2. The first-order valence-corrected chi connectivity index (χ1v) is 7.57. The van der Waals surface area contributed by atoms with Crippen molar-refractivity contribution < 1.29 is 14.4 Å². The Kier molecular flexibility index (Phi) is 3.71. The van der Waals surface area contributed by atoms with Gasteiger partial charge in [0.25, 0.3) is 11.8 Å². The van der Waals surface area contributed by atoms with Gasteiger partial charge in [0.05, 0.1) is 28.6 Å². The lowest BCUT2D eigenvalue weighted by Gasteiger charge is -2.18. The fraction of sp³-hybridized carbons (Fsp3) is 0.294. The van der Waals surface area contributed by atoms with Crippen molar-refractivity contribution >= 4 is 23.4 Å². The summed E-state index contributed by atoms with van der Waals surface area (Å²) in [7, 11) is 0. The third kappa shape index (κ3) is 2.80. The minimum atomic E-state index is -0.448. The lowest BCUT2D eigenvalue weighted by Crippen LogP contribution is -2.37. The molecule has 1 aromatic carbocycles. The topological polar surface area (TPSA) is 84.3 Å². The number of fused-ring (bicyclic) bond motifs is 1. The first-order chi connectivity index (χ1) is 11.3. The number of nitrogens with zero attached hydrogens (tertiary/aromatic N) is 3. The maximum atomic E-state index is 12.2. The molecule has 1 aliphatic rings. The second kappa shape index (κ2) is 5.59. The molecule has 0 spiro atoms. The molecule has 124 valence electrons. The second-order valence-corrected chi connectivity index (χ2v) is 6.63. The number of carbonyl (C=O) groups is 3. The van der Waals surface area contributed by atoms with Crippen LogP contribution in [0.5, 0.6) is 0 Å². The van der Waals surface area contributed by atoms with Gasteiger partial charge in [-0.15, -0.1) is 0 Å². The van der Waals surface area contributed by atoms with Crippen molar-refractivity contribution in [1.82, 2.24) is 14.7 Å². The van der Waals surface area contributed by atoms with Crippen LogP contribution in [-0.2, 0) is 10.3 Å². The number of carbonyl (C=O) groups excluding carboxylic acids is 3. The third-order valence-corrected chi connectivity index (χ3v) is 3.73. The monoisotopic (exact) mass is 326 g/mol. The van der Waals surface area contributed by atoms with E-state index in [1.165, 1.54) is 6.20 Å². The predicted octanol–water partition coefficient (Wildman–Crippen LogP) is 1.87. The Morgan fingerprint density at radius 1 is 1.12 bits per heavy atom. The molecule has 3 amide bonds. The minimum Gasteiger partial charge on any atom is -0.322 e. The summed E-state index contributed by atoms with van der Waals surface area (Å²) >= 11 is 0. The van der Waals surface area contributed by atoms with E-state index in [4.69, 9.17) is 0 Å². The van der Waals surface area contributed by atoms with E-state index in [0.29, 0.717) is 16.8 Å². The number of anilines is 1. The first-order valence-electron chi connectivity index (χ1n) is 7.57. The smallest absolute Gasteiger partial charge is 0.262 e. The molecule has 2 aromatic rings. The first kappa shape index (κ1) is 15.9. The number of hydrogen-bond donors (Lipinski definition) is 1.